The molecule has 1 heteroatoms. The molecule has 0 N–H and O–H groups in total. The van der Waals surface area contributed by atoms with Gasteiger partial charge in [-0.3, -0.25) is 0 Å². The number of allylic oxidation sites excluding steroid dienone is 4. The van der Waals surface area contributed by atoms with Crippen LogP contribution < -0.4 is 0 Å². The molecule has 1 saturated heterocycles. The van der Waals surface area contributed by atoms with Crippen molar-refractivity contribution in [3.63, 3.8) is 0 Å². The Morgan fingerprint density at radius 2 is 1.90 bits per heavy atom. The molecular weight excluding hydrogens is 140 g/mol. The summed E-state index contributed by atoms with van der Waals surface area (Å²) in [5, 5.41) is 0. The van der Waals surface area contributed by atoms with Crippen LogP contribution in [-0.2, 0) is 0 Å². The van der Waals surface area contributed by atoms with Crippen LogP contribution in [0, 0.1) is 11.8 Å². The Bertz CT molecular complexity index is 150. The molecule has 1 heterocycles. The third-order valence-corrected chi connectivity index (χ3v) is 3.43. The highest BCUT2D eigenvalue weighted by Gasteiger charge is 2.21. The largest absolute Gasteiger partial charge is 0.161 e. The highest BCUT2D eigenvalue weighted by Crippen LogP contribution is 2.32. The van der Waals surface area contributed by atoms with Crippen LogP contribution in [0.4, 0.5) is 0 Å². The molecule has 2 atom stereocenters. The van der Waals surface area contributed by atoms with Crippen LogP contribution in [0.25, 0.3) is 0 Å². The van der Waals surface area contributed by atoms with Crippen molar-refractivity contribution in [2.75, 3.05) is 11.5 Å². The molecule has 0 saturated carbocycles. The fourth-order valence-corrected chi connectivity index (χ4v) is 2.86. The van der Waals surface area contributed by atoms with E-state index in [1.807, 2.05) is 0 Å². The summed E-state index contributed by atoms with van der Waals surface area (Å²) in [5.74, 6) is 4.42. The molecule has 0 unspecified atom stereocenters. The third-order valence-electron chi connectivity index (χ3n) is 2.28. The fourth-order valence-electron chi connectivity index (χ4n) is 1.63. The van der Waals surface area contributed by atoms with E-state index in [9.17, 15) is 0 Å². The second-order valence-electron chi connectivity index (χ2n) is 2.96. The molecule has 0 amide bonds. The lowest BCUT2D eigenvalue weighted by Gasteiger charge is -2.28. The van der Waals surface area contributed by atoms with Crippen LogP contribution in [0.5, 0.6) is 0 Å². The zero-order valence-electron chi connectivity index (χ0n) is 5.99. The van der Waals surface area contributed by atoms with Crippen LogP contribution in [0.3, 0.4) is 0 Å². The molecule has 1 aliphatic carbocycles. The van der Waals surface area contributed by atoms with Crippen molar-refractivity contribution in [2.45, 2.75) is 6.42 Å². The summed E-state index contributed by atoms with van der Waals surface area (Å²) in [4.78, 5) is 0. The minimum atomic E-state index is 0.851. The van der Waals surface area contributed by atoms with E-state index in [0.717, 1.165) is 11.8 Å². The monoisotopic (exact) mass is 152 g/mol. The summed E-state index contributed by atoms with van der Waals surface area (Å²) in [6.45, 7) is 0. The average molecular weight is 152 g/mol. The maximum Gasteiger partial charge on any atom is 0.000132 e. The van der Waals surface area contributed by atoms with Crippen molar-refractivity contribution in [1.82, 2.24) is 0 Å². The predicted octanol–water partition coefficient (Wildman–Crippen LogP) is 2.48. The third kappa shape index (κ3) is 1.15. The second-order valence-corrected chi connectivity index (χ2v) is 4.11. The van der Waals surface area contributed by atoms with E-state index in [-0.39, 0.29) is 0 Å². The van der Waals surface area contributed by atoms with Gasteiger partial charge in [0.15, 0.2) is 0 Å². The number of thioether (sulfide) groups is 1. The summed E-state index contributed by atoms with van der Waals surface area (Å²) in [6, 6.07) is 0. The van der Waals surface area contributed by atoms with Gasteiger partial charge in [-0.05, 0) is 24.0 Å². The summed E-state index contributed by atoms with van der Waals surface area (Å²) >= 11 is 2.10. The first-order valence-electron chi connectivity index (χ1n) is 3.89. The van der Waals surface area contributed by atoms with Crippen LogP contribution >= 0.6 is 11.8 Å². The smallest absolute Gasteiger partial charge is 0.000132 e. The molecule has 0 aromatic carbocycles. The summed E-state index contributed by atoms with van der Waals surface area (Å²) in [5.41, 5.74) is 0. The molecule has 2 aliphatic rings. The number of fused-ring (bicyclic) bond motifs is 1. The van der Waals surface area contributed by atoms with Crippen molar-refractivity contribution in [1.29, 1.82) is 0 Å². The molecule has 1 aliphatic heterocycles. The maximum absolute atomic E-state index is 2.37. The molecule has 10 heavy (non-hydrogen) atoms. The van der Waals surface area contributed by atoms with Crippen molar-refractivity contribution in [3.05, 3.63) is 24.3 Å². The summed E-state index contributed by atoms with van der Waals surface area (Å²) in [6.07, 6.45) is 10.5. The normalized spacial score (nSPS) is 37.6. The molecule has 54 valence electrons. The van der Waals surface area contributed by atoms with E-state index in [4.69, 9.17) is 0 Å². The minimum absolute atomic E-state index is 0.851. The van der Waals surface area contributed by atoms with Gasteiger partial charge in [-0.15, -0.1) is 0 Å². The van der Waals surface area contributed by atoms with E-state index in [2.05, 4.69) is 36.1 Å². The van der Waals surface area contributed by atoms with Crippen molar-refractivity contribution in [3.8, 4) is 0 Å². The fraction of sp³-hybridized carbons (Fsp3) is 0.556. The first kappa shape index (κ1) is 6.53. The van der Waals surface area contributed by atoms with Gasteiger partial charge in [0.05, 0.1) is 0 Å². The van der Waals surface area contributed by atoms with Crippen molar-refractivity contribution >= 4 is 11.8 Å². The van der Waals surface area contributed by atoms with Crippen LogP contribution in [0.2, 0.25) is 0 Å². The number of hydrogen-bond acceptors (Lipinski definition) is 1. The Morgan fingerprint density at radius 1 is 1.10 bits per heavy atom. The van der Waals surface area contributed by atoms with Crippen LogP contribution in [-0.4, -0.2) is 11.5 Å². The van der Waals surface area contributed by atoms with Gasteiger partial charge in [0.2, 0.25) is 0 Å². The molecule has 0 nitrogen and oxygen atoms in total. The van der Waals surface area contributed by atoms with Gasteiger partial charge >= 0.3 is 0 Å². The first-order valence-corrected chi connectivity index (χ1v) is 5.05. The highest BCUT2D eigenvalue weighted by atomic mass is 32.2. The van der Waals surface area contributed by atoms with Gasteiger partial charge in [0.1, 0.15) is 0 Å². The Morgan fingerprint density at radius 3 is 2.70 bits per heavy atom. The van der Waals surface area contributed by atoms with E-state index in [0.29, 0.717) is 0 Å². The van der Waals surface area contributed by atoms with Gasteiger partial charge in [0.25, 0.3) is 0 Å². The Kier molecular flexibility index (Phi) is 1.85. The second kappa shape index (κ2) is 2.83. The Balaban J connectivity index is 2.09. The predicted molar refractivity (Wildman–Crippen MR) is 47.2 cm³/mol. The summed E-state index contributed by atoms with van der Waals surface area (Å²) < 4.78 is 0. The molecule has 2 rings (SSSR count). The van der Waals surface area contributed by atoms with Gasteiger partial charge < -0.3 is 0 Å². The molecule has 0 aromatic heterocycles. The SMILES string of the molecule is C1=C[C@@H]2CCSC[C@H]2C=C1. The lowest BCUT2D eigenvalue weighted by Crippen LogP contribution is -2.20. The Hall–Kier alpha value is -0.170. The van der Waals surface area contributed by atoms with E-state index < -0.39 is 0 Å². The lowest BCUT2D eigenvalue weighted by molar-refractivity contribution is 0.489. The zero-order chi connectivity index (χ0) is 6.81. The highest BCUT2D eigenvalue weighted by molar-refractivity contribution is 7.99. The van der Waals surface area contributed by atoms with E-state index in [1.54, 1.807) is 0 Å². The van der Waals surface area contributed by atoms with Gasteiger partial charge in [-0.25, -0.2) is 0 Å². The molecule has 0 bridgehead atoms. The lowest BCUT2D eigenvalue weighted by atomic mass is 9.87. The minimum Gasteiger partial charge on any atom is -0.161 e. The standard InChI is InChI=1S/C9H12S/c1-2-4-9-7-10-6-5-8(9)3-1/h1-4,8-9H,5-7H2/t8-,9-/m1/s1. The zero-order valence-corrected chi connectivity index (χ0v) is 6.81. The Labute approximate surface area is 66.4 Å². The van der Waals surface area contributed by atoms with Crippen LogP contribution in [0.15, 0.2) is 24.3 Å². The molecule has 0 aromatic rings. The summed E-state index contributed by atoms with van der Waals surface area (Å²) in [7, 11) is 0. The topological polar surface area (TPSA) is 0 Å². The van der Waals surface area contributed by atoms with Gasteiger partial charge in [-0.1, -0.05) is 24.3 Å². The average Bonchev–Trinajstić information content (AvgIpc) is 2.05. The van der Waals surface area contributed by atoms with Gasteiger partial charge in [0, 0.05) is 5.75 Å². The molecule has 0 spiro atoms. The molecular formula is C9H12S. The number of hydrogen-bond donors (Lipinski definition) is 0. The van der Waals surface area contributed by atoms with Crippen molar-refractivity contribution in [2.24, 2.45) is 11.8 Å². The van der Waals surface area contributed by atoms with Crippen molar-refractivity contribution < 1.29 is 0 Å². The van der Waals surface area contributed by atoms with Crippen LogP contribution in [0.1, 0.15) is 6.42 Å². The van der Waals surface area contributed by atoms with E-state index >= 15 is 0 Å². The van der Waals surface area contributed by atoms with Gasteiger partial charge in [-0.2, -0.15) is 11.8 Å². The molecule has 1 fully saturated rings. The maximum atomic E-state index is 2.37. The molecule has 0 radical (unpaired) electrons. The number of rotatable bonds is 0. The quantitative estimate of drug-likeness (QED) is 0.514. The van der Waals surface area contributed by atoms with E-state index in [1.165, 1.54) is 17.9 Å². The first-order chi connectivity index (χ1) is 4.97.